The third-order valence-corrected chi connectivity index (χ3v) is 3.12. The highest BCUT2D eigenvalue weighted by atomic mass is 16.6. The Morgan fingerprint density at radius 3 is 2.89 bits per heavy atom. The smallest absolute Gasteiger partial charge is 0.312 e. The topological polar surface area (TPSA) is 112 Å². The average molecular weight is 248 g/mol. The number of nitriles is 1. The Bertz CT molecular complexity index is 520. The minimum Gasteiger partial charge on any atom is -0.396 e. The van der Waals surface area contributed by atoms with Gasteiger partial charge in [-0.3, -0.25) is 10.1 Å². The summed E-state index contributed by atoms with van der Waals surface area (Å²) >= 11 is 0. The van der Waals surface area contributed by atoms with Crippen LogP contribution in [0.1, 0.15) is 18.4 Å². The molecule has 18 heavy (non-hydrogen) atoms. The summed E-state index contributed by atoms with van der Waals surface area (Å²) in [6.07, 6.45) is 3.09. The lowest BCUT2D eigenvalue weighted by Gasteiger charge is -2.13. The predicted molar refractivity (Wildman–Crippen MR) is 62.8 cm³/mol. The van der Waals surface area contributed by atoms with Gasteiger partial charge in [0.05, 0.1) is 17.1 Å². The summed E-state index contributed by atoms with van der Waals surface area (Å²) in [5, 5.41) is 31.6. The number of aliphatic hydroxyl groups excluding tert-OH is 1. The van der Waals surface area contributed by atoms with Crippen LogP contribution in [0.5, 0.6) is 0 Å². The van der Waals surface area contributed by atoms with Crippen molar-refractivity contribution in [3.8, 4) is 6.07 Å². The fourth-order valence-electron chi connectivity index (χ4n) is 1.63. The van der Waals surface area contributed by atoms with E-state index in [2.05, 4.69) is 10.3 Å². The van der Waals surface area contributed by atoms with Crippen LogP contribution in [0.2, 0.25) is 0 Å². The summed E-state index contributed by atoms with van der Waals surface area (Å²) in [4.78, 5) is 14.2. The lowest BCUT2D eigenvalue weighted by molar-refractivity contribution is -0.384. The maximum absolute atomic E-state index is 10.9. The molecule has 0 bridgehead atoms. The monoisotopic (exact) mass is 248 g/mol. The van der Waals surface area contributed by atoms with Crippen LogP contribution < -0.4 is 5.32 Å². The fraction of sp³-hybridized carbons (Fsp3) is 0.455. The summed E-state index contributed by atoms with van der Waals surface area (Å²) in [5.41, 5.74) is -0.234. The molecule has 2 rings (SSSR count). The number of nitrogens with one attached hydrogen (secondary N) is 1. The molecule has 0 aliphatic heterocycles. The third kappa shape index (κ3) is 2.38. The van der Waals surface area contributed by atoms with E-state index in [9.17, 15) is 10.1 Å². The van der Waals surface area contributed by atoms with Gasteiger partial charge in [0, 0.05) is 24.2 Å². The predicted octanol–water partition coefficient (Wildman–Crippen LogP) is 1.05. The molecule has 0 aromatic carbocycles. The molecule has 0 amide bonds. The summed E-state index contributed by atoms with van der Waals surface area (Å²) in [5.74, 6) is 0.138. The first-order chi connectivity index (χ1) is 8.60. The van der Waals surface area contributed by atoms with Crippen molar-refractivity contribution in [1.82, 2.24) is 4.98 Å². The van der Waals surface area contributed by atoms with Crippen molar-refractivity contribution < 1.29 is 10.0 Å². The van der Waals surface area contributed by atoms with E-state index in [1.807, 2.05) is 6.07 Å². The maximum Gasteiger partial charge on any atom is 0.312 e. The molecule has 1 saturated carbocycles. The molecule has 1 aliphatic carbocycles. The van der Waals surface area contributed by atoms with Crippen molar-refractivity contribution in [2.45, 2.75) is 12.8 Å². The van der Waals surface area contributed by atoms with E-state index < -0.39 is 4.92 Å². The molecule has 0 atom stereocenters. The van der Waals surface area contributed by atoms with Crippen molar-refractivity contribution in [3.05, 3.63) is 27.9 Å². The van der Waals surface area contributed by atoms with E-state index >= 15 is 0 Å². The molecule has 1 aliphatic rings. The van der Waals surface area contributed by atoms with Crippen molar-refractivity contribution >= 4 is 11.5 Å². The molecule has 0 radical (unpaired) electrons. The second kappa shape index (κ2) is 4.58. The summed E-state index contributed by atoms with van der Waals surface area (Å²) in [7, 11) is 0. The lowest BCUT2D eigenvalue weighted by atomic mass is 10.1. The highest BCUT2D eigenvalue weighted by molar-refractivity contribution is 5.58. The largest absolute Gasteiger partial charge is 0.396 e. The average Bonchev–Trinajstić information content (AvgIpc) is 3.16. The number of nitro groups is 1. The number of hydrogen-bond donors (Lipinski definition) is 2. The first kappa shape index (κ1) is 12.3. The second-order valence-electron chi connectivity index (χ2n) is 4.47. The van der Waals surface area contributed by atoms with Gasteiger partial charge >= 0.3 is 5.69 Å². The molecule has 2 N–H and O–H groups in total. The molecule has 7 heteroatoms. The Kier molecular flexibility index (Phi) is 3.12. The molecular formula is C11H12N4O3. The summed E-state index contributed by atoms with van der Waals surface area (Å²) < 4.78 is 0. The Labute approximate surface area is 103 Å². The summed E-state index contributed by atoms with van der Waals surface area (Å²) in [6.45, 7) is 0.507. The number of pyridine rings is 1. The van der Waals surface area contributed by atoms with Crippen molar-refractivity contribution in [2.24, 2.45) is 5.41 Å². The highest BCUT2D eigenvalue weighted by Crippen LogP contribution is 2.45. The van der Waals surface area contributed by atoms with Gasteiger partial charge in [-0.05, 0) is 12.8 Å². The number of aliphatic hydroxyl groups is 1. The quantitative estimate of drug-likeness (QED) is 0.594. The molecule has 1 heterocycles. The zero-order valence-corrected chi connectivity index (χ0v) is 9.59. The van der Waals surface area contributed by atoms with E-state index in [1.54, 1.807) is 0 Å². The molecule has 1 aromatic rings. The van der Waals surface area contributed by atoms with Crippen LogP contribution in [-0.2, 0) is 0 Å². The number of aromatic nitrogens is 1. The lowest BCUT2D eigenvalue weighted by Crippen LogP contribution is -2.20. The minimum absolute atomic E-state index is 0.0596. The SMILES string of the molecule is N#Cc1cnc(NCC2(CO)CC2)c([N+](=O)[O-])c1. The van der Waals surface area contributed by atoms with Gasteiger partial charge in [0.15, 0.2) is 0 Å². The minimum atomic E-state index is -0.575. The molecule has 0 saturated heterocycles. The van der Waals surface area contributed by atoms with E-state index in [1.165, 1.54) is 12.3 Å². The Morgan fingerprint density at radius 1 is 1.67 bits per heavy atom. The van der Waals surface area contributed by atoms with Crippen molar-refractivity contribution in [3.63, 3.8) is 0 Å². The van der Waals surface area contributed by atoms with E-state index in [-0.39, 0.29) is 29.1 Å². The molecular weight excluding hydrogens is 236 g/mol. The van der Waals surface area contributed by atoms with E-state index in [0.717, 1.165) is 12.8 Å². The second-order valence-corrected chi connectivity index (χ2v) is 4.47. The number of rotatable bonds is 5. The Morgan fingerprint density at radius 2 is 2.39 bits per heavy atom. The molecule has 0 unspecified atom stereocenters. The van der Waals surface area contributed by atoms with Gasteiger partial charge in [0.1, 0.15) is 6.07 Å². The van der Waals surface area contributed by atoms with Crippen LogP contribution in [0.15, 0.2) is 12.3 Å². The van der Waals surface area contributed by atoms with Crippen LogP contribution in [0.4, 0.5) is 11.5 Å². The maximum atomic E-state index is 10.9. The van der Waals surface area contributed by atoms with Gasteiger partial charge in [-0.15, -0.1) is 0 Å². The summed E-state index contributed by atoms with van der Waals surface area (Å²) in [6, 6.07) is 3.00. The van der Waals surface area contributed by atoms with Gasteiger partial charge in [0.2, 0.25) is 5.82 Å². The van der Waals surface area contributed by atoms with E-state index in [0.29, 0.717) is 6.54 Å². The number of nitrogens with zero attached hydrogens (tertiary/aromatic N) is 3. The molecule has 94 valence electrons. The first-order valence-corrected chi connectivity index (χ1v) is 5.49. The fourth-order valence-corrected chi connectivity index (χ4v) is 1.63. The normalized spacial score (nSPS) is 15.8. The van der Waals surface area contributed by atoms with Crippen LogP contribution in [-0.4, -0.2) is 28.2 Å². The van der Waals surface area contributed by atoms with Crippen LogP contribution in [0.3, 0.4) is 0 Å². The molecule has 1 aromatic heterocycles. The van der Waals surface area contributed by atoms with Gasteiger partial charge in [0.25, 0.3) is 0 Å². The third-order valence-electron chi connectivity index (χ3n) is 3.12. The Balaban J connectivity index is 2.17. The van der Waals surface area contributed by atoms with Gasteiger partial charge in [-0.25, -0.2) is 4.98 Å². The van der Waals surface area contributed by atoms with E-state index in [4.69, 9.17) is 10.4 Å². The Hall–Kier alpha value is -2.20. The zero-order valence-electron chi connectivity index (χ0n) is 9.59. The number of hydrogen-bond acceptors (Lipinski definition) is 6. The van der Waals surface area contributed by atoms with Crippen LogP contribution in [0.25, 0.3) is 0 Å². The molecule has 1 fully saturated rings. The standard InChI is InChI=1S/C11H12N4O3/c12-4-8-3-9(15(17)18)10(13-5-8)14-6-11(7-16)1-2-11/h3,5,16H,1-2,6-7H2,(H,13,14). The zero-order chi connectivity index (χ0) is 13.2. The van der Waals surface area contributed by atoms with Crippen molar-refractivity contribution in [1.29, 1.82) is 5.26 Å². The van der Waals surface area contributed by atoms with Crippen LogP contribution in [0, 0.1) is 26.9 Å². The van der Waals surface area contributed by atoms with Gasteiger partial charge < -0.3 is 10.4 Å². The first-order valence-electron chi connectivity index (χ1n) is 5.49. The van der Waals surface area contributed by atoms with Gasteiger partial charge in [-0.1, -0.05) is 0 Å². The molecule has 7 nitrogen and oxygen atoms in total. The molecule has 0 spiro atoms. The van der Waals surface area contributed by atoms with Crippen molar-refractivity contribution in [2.75, 3.05) is 18.5 Å². The van der Waals surface area contributed by atoms with Gasteiger partial charge in [-0.2, -0.15) is 5.26 Å². The number of anilines is 1. The highest BCUT2D eigenvalue weighted by Gasteiger charge is 2.42. The van der Waals surface area contributed by atoms with Crippen LogP contribution >= 0.6 is 0 Å².